The lowest BCUT2D eigenvalue weighted by molar-refractivity contribution is 0.882. The molecule has 0 aliphatic carbocycles. The smallest absolute Gasteiger partial charge is 0.258 e. The molecule has 23 heavy (non-hydrogen) atoms. The number of nitrogens with zero attached hydrogens (tertiary/aromatic N) is 2. The summed E-state index contributed by atoms with van der Waals surface area (Å²) in [7, 11) is 0. The Hall–Kier alpha value is -3.27. The summed E-state index contributed by atoms with van der Waals surface area (Å²) in [5.74, 6) is -0.118. The number of hydrogen-bond acceptors (Lipinski definition) is 6. The maximum Gasteiger partial charge on any atom is 0.258 e. The number of aryl methyl sites for hydroxylation is 2. The molecule has 0 spiro atoms. The van der Waals surface area contributed by atoms with Crippen molar-refractivity contribution in [2.75, 3.05) is 11.1 Å². The van der Waals surface area contributed by atoms with Crippen LogP contribution < -0.4 is 22.3 Å². The quantitative estimate of drug-likeness (QED) is 0.626. The third-order valence-corrected chi connectivity index (χ3v) is 4.08. The van der Waals surface area contributed by atoms with Crippen molar-refractivity contribution in [1.29, 1.82) is 5.26 Å². The fourth-order valence-electron chi connectivity index (χ4n) is 2.76. The van der Waals surface area contributed by atoms with Crippen molar-refractivity contribution in [3.63, 3.8) is 0 Å². The number of anilines is 2. The van der Waals surface area contributed by atoms with Crippen LogP contribution in [-0.2, 0) is 0 Å². The molecule has 7 nitrogen and oxygen atoms in total. The first kappa shape index (κ1) is 14.7. The van der Waals surface area contributed by atoms with Gasteiger partial charge in [0.15, 0.2) is 0 Å². The van der Waals surface area contributed by atoms with Crippen molar-refractivity contribution in [3.8, 4) is 6.07 Å². The number of nitriles is 1. The molecule has 2 aromatic rings. The first-order valence-electron chi connectivity index (χ1n) is 7.06. The Kier molecular flexibility index (Phi) is 3.30. The zero-order chi connectivity index (χ0) is 16.7. The van der Waals surface area contributed by atoms with E-state index in [4.69, 9.17) is 11.5 Å². The van der Waals surface area contributed by atoms with Gasteiger partial charge in [-0.15, -0.1) is 0 Å². The Balaban J connectivity index is 2.31. The van der Waals surface area contributed by atoms with E-state index < -0.39 is 5.92 Å². The molecule has 1 aliphatic rings. The number of H-pyrrole nitrogens is 1. The summed E-state index contributed by atoms with van der Waals surface area (Å²) in [6.45, 7) is 3.98. The van der Waals surface area contributed by atoms with E-state index in [1.807, 2.05) is 32.0 Å². The van der Waals surface area contributed by atoms with E-state index in [0.29, 0.717) is 5.56 Å². The van der Waals surface area contributed by atoms with Crippen LogP contribution in [0.4, 0.5) is 11.8 Å². The average Bonchev–Trinajstić information content (AvgIpc) is 2.48. The number of benzene rings is 1. The molecule has 1 unspecified atom stereocenters. The van der Waals surface area contributed by atoms with Crippen molar-refractivity contribution in [1.82, 2.24) is 9.97 Å². The van der Waals surface area contributed by atoms with Gasteiger partial charge >= 0.3 is 0 Å². The maximum atomic E-state index is 12.4. The van der Waals surface area contributed by atoms with Crippen molar-refractivity contribution >= 4 is 11.8 Å². The van der Waals surface area contributed by atoms with E-state index in [9.17, 15) is 10.1 Å². The summed E-state index contributed by atoms with van der Waals surface area (Å²) in [5.41, 5.74) is 14.8. The molecule has 1 atom stereocenters. The molecule has 116 valence electrons. The molecular formula is C16H16N6O. The van der Waals surface area contributed by atoms with E-state index in [1.54, 1.807) is 0 Å². The molecule has 0 saturated carbocycles. The van der Waals surface area contributed by atoms with E-state index in [1.165, 1.54) is 0 Å². The molecular weight excluding hydrogens is 292 g/mol. The minimum absolute atomic E-state index is 0.00621. The number of nitrogens with two attached hydrogens (primary N) is 2. The molecule has 0 saturated heterocycles. The highest BCUT2D eigenvalue weighted by Gasteiger charge is 2.32. The van der Waals surface area contributed by atoms with Gasteiger partial charge in [-0.3, -0.25) is 9.78 Å². The van der Waals surface area contributed by atoms with Gasteiger partial charge in [-0.05, 0) is 30.5 Å². The molecule has 1 aromatic heterocycles. The number of nitrogen functional groups attached to an aromatic ring is 1. The van der Waals surface area contributed by atoms with E-state index in [2.05, 4.69) is 21.4 Å². The second-order valence-corrected chi connectivity index (χ2v) is 5.55. The van der Waals surface area contributed by atoms with Gasteiger partial charge < -0.3 is 16.8 Å². The molecule has 7 heteroatoms. The fraction of sp³-hybridized carbons (Fsp3) is 0.188. The summed E-state index contributed by atoms with van der Waals surface area (Å²) in [6, 6.07) is 7.90. The number of fused-ring (bicyclic) bond motifs is 1. The number of aromatic amines is 1. The fourth-order valence-corrected chi connectivity index (χ4v) is 2.76. The number of rotatable bonds is 1. The first-order valence-corrected chi connectivity index (χ1v) is 7.06. The maximum absolute atomic E-state index is 12.4. The standard InChI is InChI=1S/C16H16N6O/c1-7-3-4-9(5-8(7)2)11-10(6-17)13(18)20-14-12(11)15(23)22-16(19)21-14/h3-5,11H,18H2,1-2H3,(H4,19,20,21,22,23). The lowest BCUT2D eigenvalue weighted by Gasteiger charge is -2.26. The number of allylic oxidation sites excluding steroid dienone is 1. The lowest BCUT2D eigenvalue weighted by atomic mass is 9.83. The van der Waals surface area contributed by atoms with Crippen LogP contribution in [0.2, 0.25) is 0 Å². The monoisotopic (exact) mass is 308 g/mol. The Morgan fingerprint density at radius 1 is 1.26 bits per heavy atom. The number of nitrogens with one attached hydrogen (secondary N) is 2. The summed E-state index contributed by atoms with van der Waals surface area (Å²) in [4.78, 5) is 19.0. The minimum atomic E-state index is -0.576. The molecule has 1 aliphatic heterocycles. The highest BCUT2D eigenvalue weighted by Crippen LogP contribution is 2.38. The van der Waals surface area contributed by atoms with E-state index in [-0.39, 0.29) is 28.7 Å². The van der Waals surface area contributed by atoms with Crippen molar-refractivity contribution in [2.24, 2.45) is 5.73 Å². The largest absolute Gasteiger partial charge is 0.384 e. The van der Waals surface area contributed by atoms with Crippen LogP contribution in [0.1, 0.15) is 28.2 Å². The molecule has 0 fully saturated rings. The molecule has 0 bridgehead atoms. The predicted molar refractivity (Wildman–Crippen MR) is 87.5 cm³/mol. The Morgan fingerprint density at radius 2 is 2.00 bits per heavy atom. The van der Waals surface area contributed by atoms with Gasteiger partial charge in [0.2, 0.25) is 5.95 Å². The van der Waals surface area contributed by atoms with Crippen LogP contribution >= 0.6 is 0 Å². The zero-order valence-corrected chi connectivity index (χ0v) is 12.8. The summed E-state index contributed by atoms with van der Waals surface area (Å²) >= 11 is 0. The highest BCUT2D eigenvalue weighted by atomic mass is 16.1. The van der Waals surface area contributed by atoms with Crippen LogP contribution in [0.5, 0.6) is 0 Å². The summed E-state index contributed by atoms with van der Waals surface area (Å²) in [5, 5.41) is 12.3. The van der Waals surface area contributed by atoms with Crippen LogP contribution in [0, 0.1) is 25.2 Å². The number of hydrogen-bond donors (Lipinski definition) is 4. The average molecular weight is 308 g/mol. The van der Waals surface area contributed by atoms with Crippen molar-refractivity contribution < 1.29 is 0 Å². The van der Waals surface area contributed by atoms with Crippen LogP contribution in [0.3, 0.4) is 0 Å². The molecule has 6 N–H and O–H groups in total. The van der Waals surface area contributed by atoms with Crippen LogP contribution in [-0.4, -0.2) is 9.97 Å². The lowest BCUT2D eigenvalue weighted by Crippen LogP contribution is -2.30. The van der Waals surface area contributed by atoms with Crippen LogP contribution in [0.15, 0.2) is 34.4 Å². The third-order valence-electron chi connectivity index (χ3n) is 4.08. The van der Waals surface area contributed by atoms with Gasteiger partial charge in [0.25, 0.3) is 5.56 Å². The molecule has 1 aromatic carbocycles. The highest BCUT2D eigenvalue weighted by molar-refractivity contribution is 5.64. The Morgan fingerprint density at radius 3 is 2.65 bits per heavy atom. The minimum Gasteiger partial charge on any atom is -0.384 e. The van der Waals surface area contributed by atoms with Gasteiger partial charge in [0.1, 0.15) is 11.6 Å². The van der Waals surface area contributed by atoms with Crippen molar-refractivity contribution in [3.05, 3.63) is 62.2 Å². The van der Waals surface area contributed by atoms with Gasteiger partial charge in [-0.1, -0.05) is 18.2 Å². The van der Waals surface area contributed by atoms with Crippen LogP contribution in [0.25, 0.3) is 0 Å². The summed E-state index contributed by atoms with van der Waals surface area (Å²) < 4.78 is 0. The van der Waals surface area contributed by atoms with Gasteiger partial charge in [-0.2, -0.15) is 10.2 Å². The zero-order valence-electron chi connectivity index (χ0n) is 12.8. The Labute approximate surface area is 132 Å². The second kappa shape index (κ2) is 5.18. The molecule has 0 amide bonds. The first-order chi connectivity index (χ1) is 10.9. The Bertz CT molecular complexity index is 935. The molecule has 0 radical (unpaired) electrons. The SMILES string of the molecule is Cc1ccc(C2C(C#N)=C(N)Nc3nc(N)[nH]c(=O)c32)cc1C. The normalized spacial score (nSPS) is 16.5. The second-order valence-electron chi connectivity index (χ2n) is 5.55. The topological polar surface area (TPSA) is 134 Å². The summed E-state index contributed by atoms with van der Waals surface area (Å²) in [6.07, 6.45) is 0. The van der Waals surface area contributed by atoms with Gasteiger partial charge in [0.05, 0.1) is 23.1 Å². The van der Waals surface area contributed by atoms with Gasteiger partial charge in [0, 0.05) is 0 Å². The van der Waals surface area contributed by atoms with E-state index >= 15 is 0 Å². The molecule has 2 heterocycles. The van der Waals surface area contributed by atoms with E-state index in [0.717, 1.165) is 16.7 Å². The predicted octanol–water partition coefficient (Wildman–Crippen LogP) is 1.22. The third kappa shape index (κ3) is 2.30. The van der Waals surface area contributed by atoms with Gasteiger partial charge in [-0.25, -0.2) is 0 Å². The molecule has 3 rings (SSSR count). The van der Waals surface area contributed by atoms with Crippen molar-refractivity contribution in [2.45, 2.75) is 19.8 Å². The number of aromatic nitrogens is 2.